The Labute approximate surface area is 112 Å². The molecule has 0 bridgehead atoms. The number of fused-ring (bicyclic) bond motifs is 1. The molecular formula is C12H19NO5S. The van der Waals surface area contributed by atoms with Gasteiger partial charge in [0.15, 0.2) is 0 Å². The molecule has 2 fully saturated rings. The first-order chi connectivity index (χ1) is 8.79. The number of rotatable bonds is 6. The molecule has 0 radical (unpaired) electrons. The highest BCUT2D eigenvalue weighted by atomic mass is 32.2. The van der Waals surface area contributed by atoms with Gasteiger partial charge in [-0.3, -0.25) is 4.79 Å². The predicted molar refractivity (Wildman–Crippen MR) is 68.2 cm³/mol. The summed E-state index contributed by atoms with van der Waals surface area (Å²) in [6.07, 6.45) is 4.21. The molecule has 0 aliphatic heterocycles. The van der Waals surface area contributed by atoms with E-state index < -0.39 is 21.8 Å². The van der Waals surface area contributed by atoms with Crippen molar-refractivity contribution in [3.05, 3.63) is 0 Å². The number of hydrogen-bond acceptors (Lipinski definition) is 4. The zero-order chi connectivity index (χ0) is 14.2. The van der Waals surface area contributed by atoms with Crippen molar-refractivity contribution in [1.82, 2.24) is 5.32 Å². The number of carboxylic acid groups (broad SMARTS) is 1. The third kappa shape index (κ3) is 3.46. The number of carboxylic acids is 1. The van der Waals surface area contributed by atoms with E-state index >= 15 is 0 Å². The molecule has 1 amide bonds. The summed E-state index contributed by atoms with van der Waals surface area (Å²) in [7, 11) is -3.22. The van der Waals surface area contributed by atoms with Gasteiger partial charge >= 0.3 is 5.97 Å². The van der Waals surface area contributed by atoms with E-state index in [0.717, 1.165) is 25.5 Å². The van der Waals surface area contributed by atoms with Crippen LogP contribution in [0.15, 0.2) is 0 Å². The number of carbonyl (C=O) groups excluding carboxylic acids is 1. The quantitative estimate of drug-likeness (QED) is 0.719. The molecule has 2 aliphatic carbocycles. The van der Waals surface area contributed by atoms with Gasteiger partial charge in [0.05, 0.1) is 5.75 Å². The van der Waals surface area contributed by atoms with E-state index in [1.807, 2.05) is 0 Å². The van der Waals surface area contributed by atoms with Gasteiger partial charge in [0.25, 0.3) is 0 Å². The Morgan fingerprint density at radius 1 is 1.32 bits per heavy atom. The summed E-state index contributed by atoms with van der Waals surface area (Å²) in [5.74, 6) is -0.845. The Kier molecular flexibility index (Phi) is 3.85. The molecule has 0 saturated heterocycles. The first kappa shape index (κ1) is 14.3. The van der Waals surface area contributed by atoms with E-state index in [4.69, 9.17) is 5.11 Å². The van der Waals surface area contributed by atoms with Gasteiger partial charge in [-0.1, -0.05) is 6.42 Å². The van der Waals surface area contributed by atoms with Gasteiger partial charge < -0.3 is 10.4 Å². The molecule has 3 unspecified atom stereocenters. The SMILES string of the molecule is CS(=O)(=O)CCC(NC(=O)C1C2CCCC21)C(=O)O. The van der Waals surface area contributed by atoms with E-state index in [1.165, 1.54) is 0 Å². The number of hydrogen-bond donors (Lipinski definition) is 2. The maximum atomic E-state index is 11.9. The normalized spacial score (nSPS) is 30.5. The van der Waals surface area contributed by atoms with Crippen molar-refractivity contribution in [1.29, 1.82) is 0 Å². The Morgan fingerprint density at radius 2 is 1.89 bits per heavy atom. The van der Waals surface area contributed by atoms with Crippen LogP contribution in [0.25, 0.3) is 0 Å². The largest absolute Gasteiger partial charge is 0.480 e. The van der Waals surface area contributed by atoms with Crippen LogP contribution in [-0.2, 0) is 19.4 Å². The highest BCUT2D eigenvalue weighted by Crippen LogP contribution is 2.57. The second-order valence-electron chi connectivity index (χ2n) is 5.60. The first-order valence-electron chi connectivity index (χ1n) is 6.50. The van der Waals surface area contributed by atoms with E-state index in [0.29, 0.717) is 11.8 Å². The summed E-state index contributed by atoms with van der Waals surface area (Å²) in [6.45, 7) is 0. The highest BCUT2D eigenvalue weighted by Gasteiger charge is 2.56. The van der Waals surface area contributed by atoms with Crippen LogP contribution in [0.1, 0.15) is 25.7 Å². The van der Waals surface area contributed by atoms with Gasteiger partial charge in [-0.05, 0) is 31.1 Å². The first-order valence-corrected chi connectivity index (χ1v) is 8.56. The van der Waals surface area contributed by atoms with Crippen molar-refractivity contribution in [2.45, 2.75) is 31.7 Å². The molecule has 0 spiro atoms. The molecule has 19 heavy (non-hydrogen) atoms. The fraction of sp³-hybridized carbons (Fsp3) is 0.833. The van der Waals surface area contributed by atoms with Gasteiger partial charge in [0.2, 0.25) is 5.91 Å². The van der Waals surface area contributed by atoms with Crippen LogP contribution >= 0.6 is 0 Å². The second kappa shape index (κ2) is 5.11. The summed E-state index contributed by atoms with van der Waals surface area (Å²) >= 11 is 0. The minimum absolute atomic E-state index is 0.0474. The molecule has 0 aromatic carbocycles. The van der Waals surface area contributed by atoms with Crippen molar-refractivity contribution in [2.75, 3.05) is 12.0 Å². The smallest absolute Gasteiger partial charge is 0.326 e. The monoisotopic (exact) mass is 289 g/mol. The van der Waals surface area contributed by atoms with Gasteiger partial charge in [-0.2, -0.15) is 0 Å². The molecule has 6 nitrogen and oxygen atoms in total. The molecule has 2 aliphatic rings. The van der Waals surface area contributed by atoms with Crippen molar-refractivity contribution in [2.24, 2.45) is 17.8 Å². The lowest BCUT2D eigenvalue weighted by Gasteiger charge is -2.14. The fourth-order valence-electron chi connectivity index (χ4n) is 3.07. The van der Waals surface area contributed by atoms with Gasteiger partial charge in [0, 0.05) is 12.2 Å². The highest BCUT2D eigenvalue weighted by molar-refractivity contribution is 7.90. The Hall–Kier alpha value is -1.11. The van der Waals surface area contributed by atoms with Crippen LogP contribution in [0.3, 0.4) is 0 Å². The summed E-state index contributed by atoms with van der Waals surface area (Å²) in [6, 6.07) is -1.11. The Bertz CT molecular complexity index is 476. The van der Waals surface area contributed by atoms with Crippen LogP contribution in [0.5, 0.6) is 0 Å². The zero-order valence-corrected chi connectivity index (χ0v) is 11.6. The molecule has 2 N–H and O–H groups in total. The minimum atomic E-state index is -3.22. The van der Waals surface area contributed by atoms with E-state index in [1.54, 1.807) is 0 Å². The van der Waals surface area contributed by atoms with Crippen LogP contribution in [-0.4, -0.2) is 43.5 Å². The molecule has 0 heterocycles. The van der Waals surface area contributed by atoms with Crippen LogP contribution in [0.2, 0.25) is 0 Å². The summed E-state index contributed by atoms with van der Waals surface area (Å²) in [5, 5.41) is 11.5. The van der Waals surface area contributed by atoms with Crippen molar-refractivity contribution in [3.63, 3.8) is 0 Å². The van der Waals surface area contributed by atoms with Gasteiger partial charge in [0.1, 0.15) is 15.9 Å². The maximum Gasteiger partial charge on any atom is 0.326 e. The second-order valence-corrected chi connectivity index (χ2v) is 7.86. The van der Waals surface area contributed by atoms with E-state index in [9.17, 15) is 18.0 Å². The molecule has 108 valence electrons. The molecule has 0 aromatic heterocycles. The topological polar surface area (TPSA) is 101 Å². The Morgan fingerprint density at radius 3 is 2.37 bits per heavy atom. The summed E-state index contributed by atoms with van der Waals surface area (Å²) < 4.78 is 22.1. The average Bonchev–Trinajstić information content (AvgIpc) is 2.76. The van der Waals surface area contributed by atoms with E-state index in [2.05, 4.69) is 5.32 Å². The van der Waals surface area contributed by atoms with Crippen molar-refractivity contribution < 1.29 is 23.1 Å². The van der Waals surface area contributed by atoms with Crippen molar-refractivity contribution in [3.8, 4) is 0 Å². The predicted octanol–water partition coefficient (Wildman–Crippen LogP) is 0.0366. The molecule has 2 rings (SSSR count). The van der Waals surface area contributed by atoms with Gasteiger partial charge in [-0.25, -0.2) is 13.2 Å². The lowest BCUT2D eigenvalue weighted by atomic mass is 10.1. The summed E-state index contributed by atoms with van der Waals surface area (Å²) in [4.78, 5) is 23.0. The van der Waals surface area contributed by atoms with Gasteiger partial charge in [-0.15, -0.1) is 0 Å². The fourth-order valence-corrected chi connectivity index (χ4v) is 3.73. The lowest BCUT2D eigenvalue weighted by molar-refractivity contribution is -0.142. The van der Waals surface area contributed by atoms with Crippen molar-refractivity contribution >= 4 is 21.7 Å². The van der Waals surface area contributed by atoms with E-state index in [-0.39, 0.29) is 24.0 Å². The van der Waals surface area contributed by atoms with Crippen LogP contribution in [0.4, 0.5) is 0 Å². The number of sulfone groups is 1. The average molecular weight is 289 g/mol. The molecular weight excluding hydrogens is 270 g/mol. The minimum Gasteiger partial charge on any atom is -0.480 e. The standard InChI is InChI=1S/C12H19NO5S/c1-19(17,18)6-5-9(12(15)16)13-11(14)10-7-3-2-4-8(7)10/h7-10H,2-6H2,1H3,(H,13,14)(H,15,16). The third-order valence-corrected chi connectivity index (χ3v) is 5.08. The lowest BCUT2D eigenvalue weighted by Crippen LogP contribution is -2.43. The zero-order valence-electron chi connectivity index (χ0n) is 10.8. The number of aliphatic carboxylic acids is 1. The molecule has 3 atom stereocenters. The summed E-state index contributed by atoms with van der Waals surface area (Å²) in [5.41, 5.74) is 0. The van der Waals surface area contributed by atoms with Crippen LogP contribution < -0.4 is 5.32 Å². The van der Waals surface area contributed by atoms with Crippen LogP contribution in [0, 0.1) is 17.8 Å². The number of nitrogens with one attached hydrogen (secondary N) is 1. The molecule has 0 aromatic rings. The third-order valence-electron chi connectivity index (χ3n) is 4.10. The number of amides is 1. The number of carbonyl (C=O) groups is 2. The maximum absolute atomic E-state index is 11.9. The molecule has 2 saturated carbocycles. The Balaban J connectivity index is 1.86. The molecule has 7 heteroatoms.